The molecule has 2 aromatic rings. The summed E-state index contributed by atoms with van der Waals surface area (Å²) in [5, 5.41) is 4.80. The quantitative estimate of drug-likeness (QED) is 0.886. The molecule has 3 rings (SSSR count). The van der Waals surface area contributed by atoms with E-state index >= 15 is 0 Å². The molecule has 0 saturated carbocycles. The molecule has 88 valence electrons. The Morgan fingerprint density at radius 3 is 2.88 bits per heavy atom. The van der Waals surface area contributed by atoms with Gasteiger partial charge in [-0.1, -0.05) is 35.9 Å². The third-order valence-electron chi connectivity index (χ3n) is 3.58. The summed E-state index contributed by atoms with van der Waals surface area (Å²) in [5.41, 5.74) is 9.98. The largest absolute Gasteiger partial charge is 0.322 e. The summed E-state index contributed by atoms with van der Waals surface area (Å²) >= 11 is 6.13. The fraction of sp³-hybridized carbons (Fsp3) is 0.308. The van der Waals surface area contributed by atoms with Gasteiger partial charge in [0.15, 0.2) is 0 Å². The van der Waals surface area contributed by atoms with Gasteiger partial charge in [-0.25, -0.2) is 0 Å². The van der Waals surface area contributed by atoms with Crippen LogP contribution < -0.4 is 5.73 Å². The topological polar surface area (TPSA) is 43.8 Å². The Kier molecular flexibility index (Phi) is 2.45. The van der Waals surface area contributed by atoms with E-state index in [1.165, 1.54) is 11.1 Å². The highest BCUT2D eigenvalue weighted by Crippen LogP contribution is 2.43. The molecule has 2 atom stereocenters. The van der Waals surface area contributed by atoms with Crippen molar-refractivity contribution in [2.45, 2.75) is 18.4 Å². The Labute approximate surface area is 105 Å². The zero-order valence-electron chi connectivity index (χ0n) is 9.60. The molecule has 1 aromatic heterocycles. The molecular formula is C13H14ClN3. The third-order valence-corrected chi connectivity index (χ3v) is 3.87. The molecule has 0 bridgehead atoms. The Balaban J connectivity index is 1.94. The van der Waals surface area contributed by atoms with Gasteiger partial charge in [0.2, 0.25) is 0 Å². The Morgan fingerprint density at radius 2 is 2.24 bits per heavy atom. The Morgan fingerprint density at radius 1 is 1.47 bits per heavy atom. The van der Waals surface area contributed by atoms with E-state index in [0.29, 0.717) is 10.9 Å². The van der Waals surface area contributed by atoms with Gasteiger partial charge >= 0.3 is 0 Å². The van der Waals surface area contributed by atoms with Crippen LogP contribution in [0.25, 0.3) is 0 Å². The normalized spacial score (nSPS) is 19.6. The van der Waals surface area contributed by atoms with Gasteiger partial charge in [-0.3, -0.25) is 4.68 Å². The van der Waals surface area contributed by atoms with Crippen LogP contribution in [0, 0.1) is 0 Å². The van der Waals surface area contributed by atoms with E-state index in [2.05, 4.69) is 29.4 Å². The van der Waals surface area contributed by atoms with Crippen LogP contribution in [0.3, 0.4) is 0 Å². The molecule has 1 heterocycles. The standard InChI is InChI=1S/C13H14ClN3/c1-17-13(11(14)7-16-17)12(15)10-6-8-4-2-3-5-9(8)10/h2-5,7,10,12H,6,15H2,1H3. The number of hydrogen-bond acceptors (Lipinski definition) is 2. The molecule has 4 heteroatoms. The minimum Gasteiger partial charge on any atom is -0.322 e. The van der Waals surface area contributed by atoms with Crippen molar-refractivity contribution in [1.29, 1.82) is 0 Å². The molecule has 1 aromatic carbocycles. The SMILES string of the molecule is Cn1ncc(Cl)c1C(N)C1Cc2ccccc21. The van der Waals surface area contributed by atoms with Crippen LogP contribution in [0.5, 0.6) is 0 Å². The third kappa shape index (κ3) is 1.58. The number of aryl methyl sites for hydroxylation is 1. The number of rotatable bonds is 2. The number of nitrogens with two attached hydrogens (primary N) is 1. The van der Waals surface area contributed by atoms with Gasteiger partial charge in [-0.05, 0) is 17.5 Å². The monoisotopic (exact) mass is 247 g/mol. The second kappa shape index (κ2) is 3.86. The van der Waals surface area contributed by atoms with E-state index < -0.39 is 0 Å². The maximum Gasteiger partial charge on any atom is 0.0834 e. The van der Waals surface area contributed by atoms with E-state index in [1.807, 2.05) is 7.05 Å². The second-order valence-electron chi connectivity index (χ2n) is 4.54. The number of aromatic nitrogens is 2. The highest BCUT2D eigenvalue weighted by Gasteiger charge is 2.33. The van der Waals surface area contributed by atoms with E-state index in [9.17, 15) is 0 Å². The molecule has 0 amide bonds. The van der Waals surface area contributed by atoms with Crippen molar-refractivity contribution < 1.29 is 0 Å². The Bertz CT molecular complexity index is 542. The van der Waals surface area contributed by atoms with Gasteiger partial charge in [0.05, 0.1) is 23.0 Å². The van der Waals surface area contributed by atoms with E-state index in [0.717, 1.165) is 12.1 Å². The molecule has 2 unspecified atom stereocenters. The number of nitrogens with zero attached hydrogens (tertiary/aromatic N) is 2. The average Bonchev–Trinajstić information content (AvgIpc) is 2.60. The molecule has 0 aliphatic heterocycles. The summed E-state index contributed by atoms with van der Waals surface area (Å²) in [4.78, 5) is 0. The van der Waals surface area contributed by atoms with Crippen LogP contribution in [-0.4, -0.2) is 9.78 Å². The summed E-state index contributed by atoms with van der Waals surface area (Å²) in [6.07, 6.45) is 2.68. The van der Waals surface area contributed by atoms with E-state index in [4.69, 9.17) is 17.3 Å². The number of benzene rings is 1. The number of hydrogen-bond donors (Lipinski definition) is 1. The molecule has 17 heavy (non-hydrogen) atoms. The summed E-state index contributed by atoms with van der Waals surface area (Å²) in [6, 6.07) is 8.35. The molecule has 0 saturated heterocycles. The average molecular weight is 248 g/mol. The first-order valence-corrected chi connectivity index (χ1v) is 6.07. The first kappa shape index (κ1) is 10.8. The number of fused-ring (bicyclic) bond motifs is 1. The zero-order valence-corrected chi connectivity index (χ0v) is 10.4. The lowest BCUT2D eigenvalue weighted by atomic mass is 9.73. The summed E-state index contributed by atoms with van der Waals surface area (Å²) < 4.78 is 1.77. The minimum absolute atomic E-state index is 0.0788. The molecule has 0 spiro atoms. The van der Waals surface area contributed by atoms with Crippen molar-refractivity contribution in [2.24, 2.45) is 12.8 Å². The lowest BCUT2D eigenvalue weighted by Gasteiger charge is -2.34. The predicted octanol–water partition coefficient (Wildman–Crippen LogP) is 2.41. The zero-order chi connectivity index (χ0) is 12.0. The van der Waals surface area contributed by atoms with Crippen LogP contribution in [-0.2, 0) is 13.5 Å². The van der Waals surface area contributed by atoms with Crippen LogP contribution >= 0.6 is 11.6 Å². The van der Waals surface area contributed by atoms with Crippen LogP contribution in [0.1, 0.15) is 28.8 Å². The van der Waals surface area contributed by atoms with Gasteiger partial charge < -0.3 is 5.73 Å². The minimum atomic E-state index is -0.0788. The van der Waals surface area contributed by atoms with Crippen molar-refractivity contribution in [2.75, 3.05) is 0 Å². The fourth-order valence-electron chi connectivity index (χ4n) is 2.60. The predicted molar refractivity (Wildman–Crippen MR) is 68.0 cm³/mol. The van der Waals surface area contributed by atoms with Crippen molar-refractivity contribution in [3.63, 3.8) is 0 Å². The summed E-state index contributed by atoms with van der Waals surface area (Å²) in [7, 11) is 1.88. The lowest BCUT2D eigenvalue weighted by molar-refractivity contribution is 0.472. The smallest absolute Gasteiger partial charge is 0.0834 e. The van der Waals surface area contributed by atoms with Crippen LogP contribution in [0.4, 0.5) is 0 Å². The molecule has 1 aliphatic carbocycles. The van der Waals surface area contributed by atoms with Crippen molar-refractivity contribution >= 4 is 11.6 Å². The van der Waals surface area contributed by atoms with Gasteiger partial charge in [-0.2, -0.15) is 5.10 Å². The molecule has 2 N–H and O–H groups in total. The number of halogens is 1. The van der Waals surface area contributed by atoms with E-state index in [1.54, 1.807) is 10.9 Å². The molecule has 3 nitrogen and oxygen atoms in total. The van der Waals surface area contributed by atoms with Crippen molar-refractivity contribution in [1.82, 2.24) is 9.78 Å². The van der Waals surface area contributed by atoms with Gasteiger partial charge in [-0.15, -0.1) is 0 Å². The van der Waals surface area contributed by atoms with Crippen LogP contribution in [0.2, 0.25) is 5.02 Å². The van der Waals surface area contributed by atoms with Gasteiger partial charge in [0, 0.05) is 13.0 Å². The summed E-state index contributed by atoms with van der Waals surface area (Å²) in [6.45, 7) is 0. The van der Waals surface area contributed by atoms with E-state index in [-0.39, 0.29) is 6.04 Å². The Hall–Kier alpha value is -1.32. The molecule has 0 radical (unpaired) electrons. The highest BCUT2D eigenvalue weighted by atomic mass is 35.5. The molecular weight excluding hydrogens is 234 g/mol. The first-order valence-electron chi connectivity index (χ1n) is 5.69. The van der Waals surface area contributed by atoms with Crippen molar-refractivity contribution in [3.8, 4) is 0 Å². The lowest BCUT2D eigenvalue weighted by Crippen LogP contribution is -2.30. The summed E-state index contributed by atoms with van der Waals surface area (Å²) in [5.74, 6) is 0.360. The molecule has 0 fully saturated rings. The molecule has 1 aliphatic rings. The van der Waals surface area contributed by atoms with Crippen molar-refractivity contribution in [3.05, 3.63) is 52.3 Å². The van der Waals surface area contributed by atoms with Gasteiger partial charge in [0.1, 0.15) is 0 Å². The maximum atomic E-state index is 6.32. The maximum absolute atomic E-state index is 6.32. The van der Waals surface area contributed by atoms with Gasteiger partial charge in [0.25, 0.3) is 0 Å². The first-order chi connectivity index (χ1) is 8.18. The fourth-order valence-corrected chi connectivity index (χ4v) is 2.90. The second-order valence-corrected chi connectivity index (χ2v) is 4.94. The highest BCUT2D eigenvalue weighted by molar-refractivity contribution is 6.31. The van der Waals surface area contributed by atoms with Crippen LogP contribution in [0.15, 0.2) is 30.5 Å².